The molecule has 0 amide bonds. The fourth-order valence-corrected chi connectivity index (χ4v) is 5.34. The zero-order valence-corrected chi connectivity index (χ0v) is 23.4. The molecule has 1 fully saturated rings. The smallest absolute Gasteiger partial charge is 0.310 e. The Labute approximate surface area is 235 Å². The number of aromatic nitrogens is 2. The van der Waals surface area contributed by atoms with Crippen LogP contribution in [-0.2, 0) is 27.3 Å². The van der Waals surface area contributed by atoms with Gasteiger partial charge in [-0.3, -0.25) is 9.48 Å². The van der Waals surface area contributed by atoms with Crippen molar-refractivity contribution < 1.29 is 19.0 Å². The molecular weight excluding hydrogens is 502 g/mol. The molecule has 0 unspecified atom stereocenters. The van der Waals surface area contributed by atoms with Crippen molar-refractivity contribution >= 4 is 16.9 Å². The van der Waals surface area contributed by atoms with Crippen LogP contribution in [0.3, 0.4) is 0 Å². The van der Waals surface area contributed by atoms with Gasteiger partial charge in [-0.05, 0) is 86.6 Å². The molecule has 2 heterocycles. The molecule has 3 aromatic carbocycles. The predicted molar refractivity (Wildman–Crippen MR) is 154 cm³/mol. The van der Waals surface area contributed by atoms with Crippen LogP contribution in [0.1, 0.15) is 68.0 Å². The van der Waals surface area contributed by atoms with Crippen LogP contribution in [0, 0.1) is 11.3 Å². The normalized spacial score (nSPS) is 13.9. The second kappa shape index (κ2) is 12.4. The summed E-state index contributed by atoms with van der Waals surface area (Å²) in [5, 5.41) is 15.7. The molecule has 0 saturated carbocycles. The summed E-state index contributed by atoms with van der Waals surface area (Å²) < 4.78 is 19.0. The molecule has 1 aliphatic heterocycles. The summed E-state index contributed by atoms with van der Waals surface area (Å²) in [6.45, 7) is 8.12. The van der Waals surface area contributed by atoms with Crippen LogP contribution < -0.4 is 4.74 Å². The first-order valence-electron chi connectivity index (χ1n) is 14.0. The number of esters is 1. The minimum Gasteiger partial charge on any atom is -0.487 e. The number of rotatable bonds is 9. The number of hydrogen-bond donors (Lipinski definition) is 0. The van der Waals surface area contributed by atoms with E-state index in [2.05, 4.69) is 44.2 Å². The summed E-state index contributed by atoms with van der Waals surface area (Å²) in [6, 6.07) is 22.6. The third kappa shape index (κ3) is 6.03. The lowest BCUT2D eigenvalue weighted by atomic mass is 9.88. The van der Waals surface area contributed by atoms with Crippen LogP contribution >= 0.6 is 0 Å². The Hall–Kier alpha value is -4.15. The number of ether oxygens (including phenoxy) is 3. The van der Waals surface area contributed by atoms with E-state index in [0.717, 1.165) is 59.3 Å². The van der Waals surface area contributed by atoms with Gasteiger partial charge in [0.05, 0.1) is 30.2 Å². The van der Waals surface area contributed by atoms with Gasteiger partial charge in [0.1, 0.15) is 18.1 Å². The SMILES string of the molecule is CCOC(=O)Cc1ccccc1OCc1nn(C(C)C)c2ccc(-c3cc(C#N)cc(C4CCOCC4)c3)cc12. The highest BCUT2D eigenvalue weighted by molar-refractivity contribution is 5.87. The Kier molecular flexibility index (Phi) is 8.47. The van der Waals surface area contributed by atoms with Gasteiger partial charge < -0.3 is 14.2 Å². The van der Waals surface area contributed by atoms with E-state index in [1.54, 1.807) is 6.92 Å². The summed E-state index contributed by atoms with van der Waals surface area (Å²) >= 11 is 0. The topological polar surface area (TPSA) is 86.4 Å². The second-order valence-electron chi connectivity index (χ2n) is 10.4. The van der Waals surface area contributed by atoms with Crippen LogP contribution in [0.15, 0.2) is 60.7 Å². The maximum absolute atomic E-state index is 12.1. The van der Waals surface area contributed by atoms with E-state index in [-0.39, 0.29) is 25.0 Å². The lowest BCUT2D eigenvalue weighted by Crippen LogP contribution is -2.14. The number of fused-ring (bicyclic) bond motifs is 1. The molecule has 206 valence electrons. The molecule has 0 radical (unpaired) electrons. The van der Waals surface area contributed by atoms with E-state index >= 15 is 0 Å². The molecule has 7 nitrogen and oxygen atoms in total. The molecule has 1 aromatic heterocycles. The maximum atomic E-state index is 12.1. The van der Waals surface area contributed by atoms with Crippen LogP contribution in [0.25, 0.3) is 22.0 Å². The molecule has 0 atom stereocenters. The molecule has 0 N–H and O–H groups in total. The Balaban J connectivity index is 1.49. The van der Waals surface area contributed by atoms with Crippen molar-refractivity contribution in [1.29, 1.82) is 5.26 Å². The highest BCUT2D eigenvalue weighted by Crippen LogP contribution is 2.34. The Morgan fingerprint density at radius 2 is 1.90 bits per heavy atom. The highest BCUT2D eigenvalue weighted by Gasteiger charge is 2.19. The van der Waals surface area contributed by atoms with Gasteiger partial charge in [-0.2, -0.15) is 10.4 Å². The molecule has 0 aliphatic carbocycles. The van der Waals surface area contributed by atoms with Crippen molar-refractivity contribution in [2.24, 2.45) is 0 Å². The number of nitriles is 1. The van der Waals surface area contributed by atoms with Crippen molar-refractivity contribution in [2.75, 3.05) is 19.8 Å². The van der Waals surface area contributed by atoms with E-state index in [9.17, 15) is 10.1 Å². The minimum atomic E-state index is -0.280. The molecule has 4 aromatic rings. The van der Waals surface area contributed by atoms with Crippen LogP contribution in [0.4, 0.5) is 0 Å². The summed E-state index contributed by atoms with van der Waals surface area (Å²) in [7, 11) is 0. The average molecular weight is 538 g/mol. The van der Waals surface area contributed by atoms with E-state index in [4.69, 9.17) is 19.3 Å². The number of para-hydroxylation sites is 1. The van der Waals surface area contributed by atoms with Crippen molar-refractivity contribution in [3.63, 3.8) is 0 Å². The van der Waals surface area contributed by atoms with Crippen LogP contribution in [0.2, 0.25) is 0 Å². The quantitative estimate of drug-likeness (QED) is 0.220. The van der Waals surface area contributed by atoms with Crippen LogP contribution in [0.5, 0.6) is 5.75 Å². The number of nitrogens with zero attached hydrogens (tertiary/aromatic N) is 3. The molecule has 0 bridgehead atoms. The number of carbonyl (C=O) groups is 1. The monoisotopic (exact) mass is 537 g/mol. The minimum absolute atomic E-state index is 0.153. The molecule has 40 heavy (non-hydrogen) atoms. The maximum Gasteiger partial charge on any atom is 0.310 e. The van der Waals surface area contributed by atoms with Crippen molar-refractivity contribution in [2.45, 2.75) is 58.6 Å². The summed E-state index contributed by atoms with van der Waals surface area (Å²) in [6.07, 6.45) is 2.08. The molecule has 0 spiro atoms. The zero-order chi connectivity index (χ0) is 28.1. The van der Waals surface area contributed by atoms with Crippen molar-refractivity contribution in [3.05, 3.63) is 83.0 Å². The lowest BCUT2D eigenvalue weighted by molar-refractivity contribution is -0.142. The standard InChI is InChI=1S/C33H35N3O4/c1-4-39-33(37)19-26-7-5-6-8-32(26)40-21-30-29-18-25(9-10-31(29)36(35-30)22(2)3)28-16-23(20-34)15-27(17-28)24-11-13-38-14-12-24/h5-10,15-18,22,24H,4,11-14,19,21H2,1-3H3. The summed E-state index contributed by atoms with van der Waals surface area (Å²) in [5.74, 6) is 0.756. The third-order valence-electron chi connectivity index (χ3n) is 7.36. The van der Waals surface area contributed by atoms with Gasteiger partial charge >= 0.3 is 5.97 Å². The molecule has 1 aliphatic rings. The second-order valence-corrected chi connectivity index (χ2v) is 10.4. The van der Waals surface area contributed by atoms with Gasteiger partial charge in [0.15, 0.2) is 0 Å². The van der Waals surface area contributed by atoms with Gasteiger partial charge in [-0.1, -0.05) is 30.3 Å². The Bertz CT molecular complexity index is 1540. The van der Waals surface area contributed by atoms with E-state index in [1.165, 1.54) is 5.56 Å². The van der Waals surface area contributed by atoms with E-state index in [1.807, 2.05) is 41.1 Å². The fraction of sp³-hybridized carbons (Fsp3) is 0.364. The fourth-order valence-electron chi connectivity index (χ4n) is 5.34. The first-order valence-corrected chi connectivity index (χ1v) is 14.0. The van der Waals surface area contributed by atoms with E-state index in [0.29, 0.717) is 23.8 Å². The highest BCUT2D eigenvalue weighted by atomic mass is 16.5. The molecule has 7 heteroatoms. The van der Waals surface area contributed by atoms with Gasteiger partial charge in [-0.15, -0.1) is 0 Å². The number of hydrogen-bond acceptors (Lipinski definition) is 6. The lowest BCUT2D eigenvalue weighted by Gasteiger charge is -2.23. The van der Waals surface area contributed by atoms with Crippen molar-refractivity contribution in [1.82, 2.24) is 9.78 Å². The number of benzene rings is 3. The third-order valence-corrected chi connectivity index (χ3v) is 7.36. The van der Waals surface area contributed by atoms with E-state index < -0.39 is 0 Å². The van der Waals surface area contributed by atoms with Gasteiger partial charge in [0.25, 0.3) is 0 Å². The zero-order valence-electron chi connectivity index (χ0n) is 23.4. The van der Waals surface area contributed by atoms with Gasteiger partial charge in [0, 0.05) is 30.2 Å². The Morgan fingerprint density at radius 1 is 1.10 bits per heavy atom. The first-order chi connectivity index (χ1) is 19.5. The van der Waals surface area contributed by atoms with Gasteiger partial charge in [-0.25, -0.2) is 0 Å². The predicted octanol–water partition coefficient (Wildman–Crippen LogP) is 6.73. The first kappa shape index (κ1) is 27.4. The van der Waals surface area contributed by atoms with Gasteiger partial charge in [0.2, 0.25) is 0 Å². The van der Waals surface area contributed by atoms with Crippen molar-refractivity contribution in [3.8, 4) is 22.9 Å². The molecular formula is C33H35N3O4. The molecule has 5 rings (SSSR count). The summed E-state index contributed by atoms with van der Waals surface area (Å²) in [4.78, 5) is 12.1. The Morgan fingerprint density at radius 3 is 2.65 bits per heavy atom. The summed E-state index contributed by atoms with van der Waals surface area (Å²) in [5.41, 5.74) is 6.53. The average Bonchev–Trinajstić information content (AvgIpc) is 3.35. The molecule has 1 saturated heterocycles. The number of carbonyl (C=O) groups excluding carboxylic acids is 1. The largest absolute Gasteiger partial charge is 0.487 e. The van der Waals surface area contributed by atoms with Crippen LogP contribution in [-0.4, -0.2) is 35.6 Å².